The van der Waals surface area contributed by atoms with Crippen LogP contribution in [0.5, 0.6) is 0 Å². The number of β-lactam (4-membered cyclic amide) rings is 1. The number of carbonyl (C=O) groups excluding carboxylic acids is 2. The van der Waals surface area contributed by atoms with Crippen LogP contribution < -0.4 is 5.73 Å². The van der Waals surface area contributed by atoms with Gasteiger partial charge in [0, 0.05) is 18.2 Å². The van der Waals surface area contributed by atoms with E-state index in [-0.39, 0.29) is 17.9 Å². The molecule has 11 heteroatoms. The molecule has 2 heterocycles. The number of carboxylic acid groups (broad SMARTS) is 1. The second-order valence-electron chi connectivity index (χ2n) is 4.46. The van der Waals surface area contributed by atoms with E-state index in [0.717, 1.165) is 23.6 Å². The van der Waals surface area contributed by atoms with Gasteiger partial charge in [-0.25, -0.2) is 4.79 Å². The summed E-state index contributed by atoms with van der Waals surface area (Å²) in [5.74, 6) is -3.06. The molecule has 114 valence electrons. The van der Waals surface area contributed by atoms with E-state index in [1.165, 1.54) is 0 Å². The van der Waals surface area contributed by atoms with Crippen LogP contribution in [0.25, 0.3) is 0 Å². The summed E-state index contributed by atoms with van der Waals surface area (Å²) >= 11 is 0.959. The quantitative estimate of drug-likeness (QED) is 0.212. The number of thioether (sulfide) groups is 1. The van der Waals surface area contributed by atoms with Crippen LogP contribution in [0.1, 0.15) is 6.92 Å². The number of carboxylic acids is 1. The van der Waals surface area contributed by atoms with E-state index in [1.807, 2.05) is 0 Å². The molecular weight excluding hydrogens is 306 g/mol. The van der Waals surface area contributed by atoms with Gasteiger partial charge >= 0.3 is 23.5 Å². The summed E-state index contributed by atoms with van der Waals surface area (Å²) in [6, 6.07) is 0. The maximum Gasteiger partial charge on any atom is 0.380 e. The highest BCUT2D eigenvalue weighted by molar-refractivity contribution is 8.00. The van der Waals surface area contributed by atoms with Crippen molar-refractivity contribution < 1.29 is 29.2 Å². The van der Waals surface area contributed by atoms with Crippen LogP contribution in [0.2, 0.25) is 0 Å². The van der Waals surface area contributed by atoms with Crippen molar-refractivity contribution >= 4 is 29.6 Å². The lowest BCUT2D eigenvalue weighted by Gasteiger charge is -2.49. The van der Waals surface area contributed by atoms with Crippen molar-refractivity contribution in [1.29, 1.82) is 0 Å². The predicted octanol–water partition coefficient (Wildman–Crippen LogP) is -1.26. The van der Waals surface area contributed by atoms with Gasteiger partial charge in [-0.15, -0.1) is 11.8 Å². The predicted molar refractivity (Wildman–Crippen MR) is 68.3 cm³/mol. The summed E-state index contributed by atoms with van der Waals surface area (Å²) in [7, 11) is 0. The number of esters is 1. The minimum atomic E-state index is -2.32. The number of hydrogen-bond acceptors (Lipinski definition) is 8. The number of fused-ring (bicyclic) bond motifs is 1. The Morgan fingerprint density at radius 3 is 2.76 bits per heavy atom. The number of aliphatic carboxylic acids is 1. The van der Waals surface area contributed by atoms with Crippen LogP contribution in [0, 0.1) is 10.1 Å². The normalized spacial score (nSPS) is 27.8. The van der Waals surface area contributed by atoms with E-state index in [9.17, 15) is 29.6 Å². The third kappa shape index (κ3) is 2.14. The van der Waals surface area contributed by atoms with Gasteiger partial charge in [-0.2, -0.15) is 0 Å². The highest BCUT2D eigenvalue weighted by Crippen LogP contribution is 2.45. The van der Waals surface area contributed by atoms with E-state index in [4.69, 9.17) is 10.5 Å². The highest BCUT2D eigenvalue weighted by Gasteiger charge is 2.72. The molecule has 0 spiro atoms. The maximum atomic E-state index is 11.9. The molecule has 3 N–H and O–H groups in total. The summed E-state index contributed by atoms with van der Waals surface area (Å²) in [5.41, 5.74) is 2.92. The maximum absolute atomic E-state index is 11.9. The number of rotatable bonds is 4. The molecule has 0 aromatic heterocycles. The Balaban J connectivity index is 2.35. The summed E-state index contributed by atoms with van der Waals surface area (Å²) in [4.78, 5) is 44.8. The third-order valence-electron chi connectivity index (χ3n) is 3.12. The molecule has 2 aliphatic heterocycles. The molecule has 0 saturated carbocycles. The summed E-state index contributed by atoms with van der Waals surface area (Å²) in [6.07, 6.45) is 0. The monoisotopic (exact) mass is 317 g/mol. The van der Waals surface area contributed by atoms with Crippen molar-refractivity contribution in [2.45, 2.75) is 18.0 Å². The molecule has 2 aliphatic rings. The summed E-state index contributed by atoms with van der Waals surface area (Å²) in [6.45, 7) is 0.864. The molecule has 21 heavy (non-hydrogen) atoms. The zero-order valence-corrected chi connectivity index (χ0v) is 11.6. The average Bonchev–Trinajstić information content (AvgIpc) is 2.41. The molecule has 1 unspecified atom stereocenters. The first-order chi connectivity index (χ1) is 9.71. The fourth-order valence-corrected chi connectivity index (χ4v) is 3.47. The molecular formula is C10H11N3O7S. The van der Waals surface area contributed by atoms with Crippen molar-refractivity contribution in [1.82, 2.24) is 4.90 Å². The zero-order valence-electron chi connectivity index (χ0n) is 10.8. The number of nitro groups is 1. The van der Waals surface area contributed by atoms with Crippen LogP contribution in [-0.4, -0.2) is 56.2 Å². The Labute approximate surface area is 122 Å². The van der Waals surface area contributed by atoms with Crippen LogP contribution in [0.4, 0.5) is 0 Å². The molecule has 2 atom stereocenters. The van der Waals surface area contributed by atoms with Gasteiger partial charge in [0.05, 0.1) is 4.92 Å². The van der Waals surface area contributed by atoms with E-state index in [1.54, 1.807) is 0 Å². The first-order valence-corrected chi connectivity index (χ1v) is 6.73. The zero-order chi connectivity index (χ0) is 15.9. The fraction of sp³-hybridized carbons (Fsp3) is 0.500. The Morgan fingerprint density at radius 1 is 1.67 bits per heavy atom. The van der Waals surface area contributed by atoms with Crippen molar-refractivity contribution in [2.75, 3.05) is 12.4 Å². The molecule has 1 fully saturated rings. The minimum absolute atomic E-state index is 0.0656. The fourth-order valence-electron chi connectivity index (χ4n) is 2.10. The first-order valence-electron chi connectivity index (χ1n) is 5.68. The highest BCUT2D eigenvalue weighted by atomic mass is 32.2. The van der Waals surface area contributed by atoms with Gasteiger partial charge in [-0.1, -0.05) is 0 Å². The van der Waals surface area contributed by atoms with Crippen molar-refractivity contribution in [3.63, 3.8) is 0 Å². The number of nitrogens with zero attached hydrogens (tertiary/aromatic N) is 2. The van der Waals surface area contributed by atoms with Gasteiger partial charge in [0.2, 0.25) is 0 Å². The van der Waals surface area contributed by atoms with E-state index in [2.05, 4.69) is 0 Å². The van der Waals surface area contributed by atoms with Gasteiger partial charge in [0.15, 0.2) is 5.37 Å². The Morgan fingerprint density at radius 2 is 2.29 bits per heavy atom. The Bertz CT molecular complexity index is 589. The number of nitrogens with two attached hydrogens (primary N) is 1. The second kappa shape index (κ2) is 5.00. The van der Waals surface area contributed by atoms with Gasteiger partial charge in [0.25, 0.3) is 0 Å². The van der Waals surface area contributed by atoms with Crippen molar-refractivity contribution in [3.8, 4) is 0 Å². The van der Waals surface area contributed by atoms with Gasteiger partial charge in [0.1, 0.15) is 12.3 Å². The second-order valence-corrected chi connectivity index (χ2v) is 5.53. The van der Waals surface area contributed by atoms with Gasteiger partial charge in [-0.3, -0.25) is 30.3 Å². The van der Waals surface area contributed by atoms with E-state index < -0.39 is 39.5 Å². The van der Waals surface area contributed by atoms with Crippen molar-refractivity contribution in [2.24, 2.45) is 5.73 Å². The molecule has 2 rings (SSSR count). The Kier molecular flexibility index (Phi) is 3.63. The smallest absolute Gasteiger partial charge is 0.380 e. The summed E-state index contributed by atoms with van der Waals surface area (Å²) < 4.78 is 4.73. The van der Waals surface area contributed by atoms with Crippen LogP contribution in [0.3, 0.4) is 0 Å². The van der Waals surface area contributed by atoms with Crippen LogP contribution >= 0.6 is 11.8 Å². The molecule has 0 aliphatic carbocycles. The number of amides is 1. The minimum Gasteiger partial charge on any atom is -0.477 e. The SMILES string of the molecule is CC(=O)OCC1=C(C(=O)O)N2C(=O)C(N)([N+](=O)[O-])[C@H]2SC1. The third-order valence-corrected chi connectivity index (χ3v) is 4.52. The van der Waals surface area contributed by atoms with Gasteiger partial charge < -0.3 is 9.84 Å². The largest absolute Gasteiger partial charge is 0.477 e. The lowest BCUT2D eigenvalue weighted by atomic mass is 9.97. The molecule has 0 radical (unpaired) electrons. The molecule has 0 aromatic rings. The lowest BCUT2D eigenvalue weighted by molar-refractivity contribution is -0.566. The molecule has 10 nitrogen and oxygen atoms in total. The van der Waals surface area contributed by atoms with E-state index in [0.29, 0.717) is 0 Å². The number of ether oxygens (including phenoxy) is 1. The lowest BCUT2D eigenvalue weighted by Crippen LogP contribution is -2.81. The number of carbonyl (C=O) groups is 3. The van der Waals surface area contributed by atoms with Crippen LogP contribution in [0.15, 0.2) is 11.3 Å². The molecule has 1 amide bonds. The summed E-state index contributed by atoms with van der Waals surface area (Å²) in [5, 5.41) is 19.0. The molecule has 0 aromatic carbocycles. The van der Waals surface area contributed by atoms with Crippen LogP contribution in [-0.2, 0) is 19.1 Å². The van der Waals surface area contributed by atoms with Gasteiger partial charge in [-0.05, 0) is 0 Å². The van der Waals surface area contributed by atoms with Crippen molar-refractivity contribution in [3.05, 3.63) is 21.4 Å². The Hall–Kier alpha value is -2.14. The number of hydrogen-bond donors (Lipinski definition) is 2. The van der Waals surface area contributed by atoms with E-state index >= 15 is 0 Å². The topological polar surface area (TPSA) is 153 Å². The molecule has 0 bridgehead atoms. The molecule has 1 saturated heterocycles. The standard InChI is InChI=1S/C10H11N3O7S/c1-4(14)20-2-5-3-21-9-10(11,13(18)19)8(17)12(9)6(5)7(15)16/h9H,2-3,11H2,1H3,(H,15,16)/t9-,10?/m1/s1. The average molecular weight is 317 g/mol. The first kappa shape index (κ1) is 15.3.